The lowest BCUT2D eigenvalue weighted by Crippen LogP contribution is -2.47. The lowest BCUT2D eigenvalue weighted by Gasteiger charge is -2.27. The molecule has 1 aliphatic rings. The third kappa shape index (κ3) is 5.43. The van der Waals surface area contributed by atoms with Crippen molar-refractivity contribution in [3.05, 3.63) is 0 Å². The number of aliphatic carboxylic acids is 2. The van der Waals surface area contributed by atoms with Gasteiger partial charge in [0.05, 0.1) is 0 Å². The standard InChI is InChI=1S/C12H21N3O5/c1-13(6-7-14-4-2-3-5-14)12(20)15(8-10(16)17)9-11(18)19/h2-9H2,1H3,(H,16,17)(H,18,19). The van der Waals surface area contributed by atoms with Gasteiger partial charge in [-0.2, -0.15) is 0 Å². The molecule has 2 N–H and O–H groups in total. The van der Waals surface area contributed by atoms with E-state index in [0.29, 0.717) is 6.54 Å². The van der Waals surface area contributed by atoms with Crippen molar-refractivity contribution in [3.63, 3.8) is 0 Å². The van der Waals surface area contributed by atoms with Gasteiger partial charge in [-0.3, -0.25) is 9.59 Å². The fraction of sp³-hybridized carbons (Fsp3) is 0.750. The maximum absolute atomic E-state index is 12.0. The van der Waals surface area contributed by atoms with Crippen molar-refractivity contribution >= 4 is 18.0 Å². The molecule has 0 aromatic carbocycles. The molecule has 20 heavy (non-hydrogen) atoms. The van der Waals surface area contributed by atoms with Crippen molar-refractivity contribution in [1.29, 1.82) is 0 Å². The van der Waals surface area contributed by atoms with E-state index >= 15 is 0 Å². The van der Waals surface area contributed by atoms with Gasteiger partial charge in [0.2, 0.25) is 0 Å². The van der Waals surface area contributed by atoms with Crippen LogP contribution in [0.1, 0.15) is 12.8 Å². The number of carbonyl (C=O) groups is 3. The zero-order valence-corrected chi connectivity index (χ0v) is 11.6. The lowest BCUT2D eigenvalue weighted by molar-refractivity contribution is -0.140. The number of likely N-dealkylation sites (tertiary alicyclic amines) is 1. The van der Waals surface area contributed by atoms with Gasteiger partial charge in [0.1, 0.15) is 13.1 Å². The van der Waals surface area contributed by atoms with Crippen molar-refractivity contribution in [3.8, 4) is 0 Å². The van der Waals surface area contributed by atoms with Gasteiger partial charge < -0.3 is 24.9 Å². The van der Waals surface area contributed by atoms with Crippen LogP contribution in [0.25, 0.3) is 0 Å². The molecule has 2 amide bonds. The van der Waals surface area contributed by atoms with Crippen LogP contribution in [-0.4, -0.2) is 89.2 Å². The number of hydrogen-bond acceptors (Lipinski definition) is 4. The molecular formula is C12H21N3O5. The van der Waals surface area contributed by atoms with Crippen molar-refractivity contribution in [2.45, 2.75) is 12.8 Å². The number of amides is 2. The summed E-state index contributed by atoms with van der Waals surface area (Å²) in [4.78, 5) is 37.8. The van der Waals surface area contributed by atoms with Crippen LogP contribution < -0.4 is 0 Å². The quantitative estimate of drug-likeness (QED) is 0.661. The van der Waals surface area contributed by atoms with Gasteiger partial charge in [-0.1, -0.05) is 0 Å². The molecule has 0 aromatic rings. The zero-order chi connectivity index (χ0) is 15.1. The van der Waals surface area contributed by atoms with Gasteiger partial charge in [-0.05, 0) is 25.9 Å². The maximum atomic E-state index is 12.0. The number of likely N-dealkylation sites (N-methyl/N-ethyl adjacent to an activating group) is 1. The van der Waals surface area contributed by atoms with Gasteiger partial charge in [-0.15, -0.1) is 0 Å². The normalized spacial score (nSPS) is 15.1. The highest BCUT2D eigenvalue weighted by molar-refractivity contribution is 5.84. The second-order valence-corrected chi connectivity index (χ2v) is 4.90. The zero-order valence-electron chi connectivity index (χ0n) is 11.6. The summed E-state index contributed by atoms with van der Waals surface area (Å²) in [7, 11) is 1.55. The average Bonchev–Trinajstić information content (AvgIpc) is 2.86. The van der Waals surface area contributed by atoms with E-state index in [0.717, 1.165) is 37.4 Å². The van der Waals surface area contributed by atoms with Crippen LogP contribution in [0.15, 0.2) is 0 Å². The van der Waals surface area contributed by atoms with Crippen LogP contribution in [0.2, 0.25) is 0 Å². The summed E-state index contributed by atoms with van der Waals surface area (Å²) >= 11 is 0. The van der Waals surface area contributed by atoms with Crippen molar-refractivity contribution in [2.24, 2.45) is 0 Å². The highest BCUT2D eigenvalue weighted by Gasteiger charge is 2.23. The van der Waals surface area contributed by atoms with Crippen molar-refractivity contribution in [2.75, 3.05) is 46.3 Å². The number of carboxylic acid groups (broad SMARTS) is 2. The Morgan fingerprint density at radius 1 is 1.05 bits per heavy atom. The van der Waals surface area contributed by atoms with Gasteiger partial charge in [0, 0.05) is 20.1 Å². The topological polar surface area (TPSA) is 101 Å². The average molecular weight is 287 g/mol. The summed E-state index contributed by atoms with van der Waals surface area (Å²) in [6, 6.07) is -0.575. The highest BCUT2D eigenvalue weighted by Crippen LogP contribution is 2.07. The minimum Gasteiger partial charge on any atom is -0.480 e. The molecule has 114 valence electrons. The predicted molar refractivity (Wildman–Crippen MR) is 70.5 cm³/mol. The first-order chi connectivity index (χ1) is 9.40. The molecule has 0 spiro atoms. The number of hydrogen-bond donors (Lipinski definition) is 2. The molecule has 1 heterocycles. The lowest BCUT2D eigenvalue weighted by atomic mass is 10.4. The Morgan fingerprint density at radius 2 is 1.55 bits per heavy atom. The van der Waals surface area contributed by atoms with Gasteiger partial charge in [-0.25, -0.2) is 4.79 Å². The second kappa shape index (κ2) is 7.68. The summed E-state index contributed by atoms with van der Waals surface area (Å²) in [5, 5.41) is 17.4. The largest absolute Gasteiger partial charge is 0.480 e. The fourth-order valence-electron chi connectivity index (χ4n) is 2.15. The Kier molecular flexibility index (Phi) is 6.23. The van der Waals surface area contributed by atoms with Crippen molar-refractivity contribution < 1.29 is 24.6 Å². The molecule has 0 atom stereocenters. The van der Waals surface area contributed by atoms with Crippen molar-refractivity contribution in [1.82, 2.24) is 14.7 Å². The Hall–Kier alpha value is -1.83. The van der Waals surface area contributed by atoms with E-state index in [9.17, 15) is 14.4 Å². The van der Waals surface area contributed by atoms with Crippen LogP contribution in [0.5, 0.6) is 0 Å². The molecule has 1 aliphatic heterocycles. The first-order valence-corrected chi connectivity index (χ1v) is 6.56. The number of nitrogens with zero attached hydrogens (tertiary/aromatic N) is 3. The Bertz CT molecular complexity index is 352. The molecule has 0 aromatic heterocycles. The predicted octanol–water partition coefficient (Wildman–Crippen LogP) is -0.395. The third-order valence-corrected chi connectivity index (χ3v) is 3.20. The third-order valence-electron chi connectivity index (χ3n) is 3.20. The minimum absolute atomic E-state index is 0.453. The van der Waals surface area contributed by atoms with E-state index in [4.69, 9.17) is 10.2 Å². The second-order valence-electron chi connectivity index (χ2n) is 4.90. The minimum atomic E-state index is -1.23. The number of urea groups is 1. The van der Waals surface area contributed by atoms with Gasteiger partial charge >= 0.3 is 18.0 Å². The molecule has 1 saturated heterocycles. The molecule has 0 radical (unpaired) electrons. The van der Waals surface area contributed by atoms with Crippen LogP contribution in [0.3, 0.4) is 0 Å². The number of carbonyl (C=O) groups excluding carboxylic acids is 1. The smallest absolute Gasteiger partial charge is 0.323 e. The number of carboxylic acids is 2. The first-order valence-electron chi connectivity index (χ1n) is 6.56. The monoisotopic (exact) mass is 287 g/mol. The molecule has 1 fully saturated rings. The molecule has 8 nitrogen and oxygen atoms in total. The molecular weight excluding hydrogens is 266 g/mol. The summed E-state index contributed by atoms with van der Waals surface area (Å²) in [5.41, 5.74) is 0. The molecule has 0 unspecified atom stereocenters. The Balaban J connectivity index is 2.48. The van der Waals surface area contributed by atoms with E-state index in [1.165, 1.54) is 4.90 Å². The van der Waals surface area contributed by atoms with Crippen LogP contribution in [-0.2, 0) is 9.59 Å². The summed E-state index contributed by atoms with van der Waals surface area (Å²) in [5.74, 6) is -2.46. The maximum Gasteiger partial charge on any atom is 0.323 e. The van der Waals surface area contributed by atoms with E-state index in [2.05, 4.69) is 4.90 Å². The van der Waals surface area contributed by atoms with E-state index in [1.807, 2.05) is 0 Å². The van der Waals surface area contributed by atoms with E-state index in [1.54, 1.807) is 7.05 Å². The fourth-order valence-corrected chi connectivity index (χ4v) is 2.15. The van der Waals surface area contributed by atoms with E-state index < -0.39 is 31.1 Å². The molecule has 1 rings (SSSR count). The van der Waals surface area contributed by atoms with Crippen LogP contribution in [0.4, 0.5) is 4.79 Å². The number of rotatable bonds is 7. The highest BCUT2D eigenvalue weighted by atomic mass is 16.4. The van der Waals surface area contributed by atoms with Gasteiger partial charge in [0.25, 0.3) is 0 Å². The molecule has 0 saturated carbocycles. The molecule has 0 bridgehead atoms. The summed E-state index contributed by atoms with van der Waals surface area (Å²) in [6.07, 6.45) is 2.31. The van der Waals surface area contributed by atoms with E-state index in [-0.39, 0.29) is 0 Å². The molecule has 0 aliphatic carbocycles. The van der Waals surface area contributed by atoms with Gasteiger partial charge in [0.15, 0.2) is 0 Å². The van der Waals surface area contributed by atoms with Crippen LogP contribution in [0, 0.1) is 0 Å². The van der Waals surface area contributed by atoms with Crippen LogP contribution >= 0.6 is 0 Å². The molecule has 8 heteroatoms. The SMILES string of the molecule is CN(CCN1CCCC1)C(=O)N(CC(=O)O)CC(=O)O. The first kappa shape index (κ1) is 16.2. The Labute approximate surface area is 117 Å². The summed E-state index contributed by atoms with van der Waals surface area (Å²) in [6.45, 7) is 1.97. The Morgan fingerprint density at radius 3 is 2.00 bits per heavy atom. The summed E-state index contributed by atoms with van der Waals surface area (Å²) < 4.78 is 0.